The monoisotopic (exact) mass is 230 g/mol. The van der Waals surface area contributed by atoms with Crippen molar-refractivity contribution in [2.45, 2.75) is 58.5 Å². The van der Waals surface area contributed by atoms with E-state index >= 15 is 0 Å². The number of hydrogen-bond acceptors (Lipinski definition) is 2. The summed E-state index contributed by atoms with van der Waals surface area (Å²) < 4.78 is 0. The van der Waals surface area contributed by atoms with E-state index in [4.69, 9.17) is 0 Å². The second kappa shape index (κ2) is 7.56. The molecule has 1 fully saturated rings. The van der Waals surface area contributed by atoms with Crippen LogP contribution in [0.25, 0.3) is 0 Å². The number of aliphatic hydroxyl groups is 1. The van der Waals surface area contributed by atoms with Crippen molar-refractivity contribution in [3.8, 4) is 0 Å². The van der Waals surface area contributed by atoms with Gasteiger partial charge in [0.25, 0.3) is 0 Å². The van der Waals surface area contributed by atoms with Gasteiger partial charge in [0, 0.05) is 5.75 Å². The zero-order valence-corrected chi connectivity index (χ0v) is 11.1. The molecule has 3 atom stereocenters. The smallest absolute Gasteiger partial charge is 0.0658 e. The van der Waals surface area contributed by atoms with Gasteiger partial charge >= 0.3 is 0 Å². The third kappa shape index (κ3) is 4.78. The number of hydrogen-bond donors (Lipinski definition) is 1. The molecule has 0 aromatic heterocycles. The Kier molecular flexibility index (Phi) is 6.74. The van der Waals surface area contributed by atoms with Crippen LogP contribution in [-0.4, -0.2) is 22.7 Å². The fourth-order valence-electron chi connectivity index (χ4n) is 2.54. The summed E-state index contributed by atoms with van der Waals surface area (Å²) in [6.45, 7) is 4.48. The van der Waals surface area contributed by atoms with Gasteiger partial charge in [0.05, 0.1) is 6.10 Å². The summed E-state index contributed by atoms with van der Waals surface area (Å²) in [6.07, 6.45) is 7.72. The average Bonchev–Trinajstić information content (AvgIpc) is 2.29. The van der Waals surface area contributed by atoms with Crippen molar-refractivity contribution in [1.29, 1.82) is 0 Å². The van der Waals surface area contributed by atoms with Gasteiger partial charge in [-0.05, 0) is 36.9 Å². The Bertz CT molecular complexity index is 161. The van der Waals surface area contributed by atoms with Gasteiger partial charge in [0.1, 0.15) is 0 Å². The fourth-order valence-corrected chi connectivity index (χ4v) is 3.51. The number of rotatable bonds is 6. The van der Waals surface area contributed by atoms with Crippen LogP contribution in [0.4, 0.5) is 0 Å². The summed E-state index contributed by atoms with van der Waals surface area (Å²) in [6, 6.07) is 0. The highest BCUT2D eigenvalue weighted by Gasteiger charge is 2.26. The first-order valence-electron chi connectivity index (χ1n) is 6.53. The van der Waals surface area contributed by atoms with Gasteiger partial charge in [-0.15, -0.1) is 0 Å². The molecule has 0 aliphatic heterocycles. The Morgan fingerprint density at radius 3 is 2.80 bits per heavy atom. The highest BCUT2D eigenvalue weighted by atomic mass is 32.2. The summed E-state index contributed by atoms with van der Waals surface area (Å²) in [5, 5.41) is 10.1. The van der Waals surface area contributed by atoms with E-state index in [0.29, 0.717) is 5.92 Å². The minimum Gasteiger partial charge on any atom is -0.392 e. The van der Waals surface area contributed by atoms with Crippen LogP contribution in [0.3, 0.4) is 0 Å². The molecule has 0 aromatic carbocycles. The summed E-state index contributed by atoms with van der Waals surface area (Å²) >= 11 is 1.91. The standard InChI is InChI=1S/C13H26OS/c1-3-8-15-10-13(14)12-7-5-6-11(4-2)9-12/h11-14H,3-10H2,1-2H3. The van der Waals surface area contributed by atoms with Crippen LogP contribution in [0.15, 0.2) is 0 Å². The molecule has 0 radical (unpaired) electrons. The van der Waals surface area contributed by atoms with E-state index in [1.165, 1.54) is 44.3 Å². The first-order chi connectivity index (χ1) is 7.27. The van der Waals surface area contributed by atoms with Crippen LogP contribution >= 0.6 is 11.8 Å². The van der Waals surface area contributed by atoms with Crippen molar-refractivity contribution < 1.29 is 5.11 Å². The van der Waals surface area contributed by atoms with Crippen LogP contribution in [0.2, 0.25) is 0 Å². The molecule has 0 amide bonds. The Morgan fingerprint density at radius 1 is 1.33 bits per heavy atom. The molecule has 2 heteroatoms. The van der Waals surface area contributed by atoms with Crippen molar-refractivity contribution in [2.75, 3.05) is 11.5 Å². The van der Waals surface area contributed by atoms with E-state index in [9.17, 15) is 5.11 Å². The largest absolute Gasteiger partial charge is 0.392 e. The summed E-state index contributed by atoms with van der Waals surface area (Å²) in [5.41, 5.74) is 0. The second-order valence-corrected chi connectivity index (χ2v) is 5.99. The Labute approximate surface area is 99.0 Å². The van der Waals surface area contributed by atoms with Crippen molar-refractivity contribution in [3.63, 3.8) is 0 Å². The van der Waals surface area contributed by atoms with E-state index in [1.807, 2.05) is 11.8 Å². The number of aliphatic hydroxyl groups excluding tert-OH is 1. The lowest BCUT2D eigenvalue weighted by Gasteiger charge is -2.31. The Balaban J connectivity index is 2.22. The zero-order valence-electron chi connectivity index (χ0n) is 10.2. The second-order valence-electron chi connectivity index (χ2n) is 4.84. The van der Waals surface area contributed by atoms with Crippen LogP contribution < -0.4 is 0 Å². The lowest BCUT2D eigenvalue weighted by Crippen LogP contribution is -2.28. The third-order valence-corrected chi connectivity index (χ3v) is 4.86. The topological polar surface area (TPSA) is 20.2 Å². The molecule has 3 unspecified atom stereocenters. The molecule has 1 aliphatic carbocycles. The zero-order chi connectivity index (χ0) is 11.1. The van der Waals surface area contributed by atoms with Crippen LogP contribution in [0, 0.1) is 11.8 Å². The van der Waals surface area contributed by atoms with E-state index in [0.717, 1.165) is 11.7 Å². The molecular weight excluding hydrogens is 204 g/mol. The molecule has 0 aromatic rings. The highest BCUT2D eigenvalue weighted by molar-refractivity contribution is 7.99. The van der Waals surface area contributed by atoms with Gasteiger partial charge in [-0.3, -0.25) is 0 Å². The maximum atomic E-state index is 10.1. The molecule has 1 N–H and O–H groups in total. The normalized spacial score (nSPS) is 29.0. The molecule has 1 nitrogen and oxygen atoms in total. The maximum Gasteiger partial charge on any atom is 0.0658 e. The average molecular weight is 230 g/mol. The minimum atomic E-state index is -0.0455. The van der Waals surface area contributed by atoms with Crippen LogP contribution in [0.5, 0.6) is 0 Å². The van der Waals surface area contributed by atoms with Gasteiger partial charge in [-0.2, -0.15) is 11.8 Å². The van der Waals surface area contributed by atoms with Crippen LogP contribution in [0.1, 0.15) is 52.4 Å². The molecule has 1 saturated carbocycles. The quantitative estimate of drug-likeness (QED) is 0.702. The molecule has 1 rings (SSSR count). The summed E-state index contributed by atoms with van der Waals surface area (Å²) in [7, 11) is 0. The summed E-state index contributed by atoms with van der Waals surface area (Å²) in [5.74, 6) is 3.62. The molecule has 0 saturated heterocycles. The predicted molar refractivity (Wildman–Crippen MR) is 69.4 cm³/mol. The third-order valence-electron chi connectivity index (χ3n) is 3.58. The van der Waals surface area contributed by atoms with Gasteiger partial charge in [-0.1, -0.05) is 33.1 Å². The Hall–Kier alpha value is 0.310. The van der Waals surface area contributed by atoms with Crippen molar-refractivity contribution in [2.24, 2.45) is 11.8 Å². The minimum absolute atomic E-state index is 0.0455. The van der Waals surface area contributed by atoms with E-state index < -0.39 is 0 Å². The van der Waals surface area contributed by atoms with Gasteiger partial charge < -0.3 is 5.11 Å². The molecule has 0 bridgehead atoms. The van der Waals surface area contributed by atoms with E-state index in [1.54, 1.807) is 0 Å². The molecule has 0 spiro atoms. The lowest BCUT2D eigenvalue weighted by molar-refractivity contribution is 0.0862. The van der Waals surface area contributed by atoms with Crippen molar-refractivity contribution in [3.05, 3.63) is 0 Å². The SMILES string of the molecule is CCCSCC(O)C1CCCC(CC)C1. The number of thioether (sulfide) groups is 1. The molecule has 0 heterocycles. The Morgan fingerprint density at radius 2 is 2.13 bits per heavy atom. The van der Waals surface area contributed by atoms with Crippen LogP contribution in [-0.2, 0) is 0 Å². The summed E-state index contributed by atoms with van der Waals surface area (Å²) in [4.78, 5) is 0. The highest BCUT2D eigenvalue weighted by Crippen LogP contribution is 2.33. The predicted octanol–water partition coefficient (Wildman–Crippen LogP) is 3.71. The van der Waals surface area contributed by atoms with Gasteiger partial charge in [0.15, 0.2) is 0 Å². The molecule has 15 heavy (non-hydrogen) atoms. The maximum absolute atomic E-state index is 10.1. The fraction of sp³-hybridized carbons (Fsp3) is 1.00. The van der Waals surface area contributed by atoms with Gasteiger partial charge in [0.2, 0.25) is 0 Å². The molecule has 90 valence electrons. The van der Waals surface area contributed by atoms with Crippen molar-refractivity contribution in [1.82, 2.24) is 0 Å². The van der Waals surface area contributed by atoms with E-state index in [2.05, 4.69) is 13.8 Å². The van der Waals surface area contributed by atoms with Crippen molar-refractivity contribution >= 4 is 11.8 Å². The van der Waals surface area contributed by atoms with E-state index in [-0.39, 0.29) is 6.10 Å². The lowest BCUT2D eigenvalue weighted by atomic mass is 9.78. The van der Waals surface area contributed by atoms with Gasteiger partial charge in [-0.25, -0.2) is 0 Å². The first kappa shape index (κ1) is 13.4. The molecular formula is C13H26OS. The molecule has 1 aliphatic rings. The first-order valence-corrected chi connectivity index (χ1v) is 7.69.